The van der Waals surface area contributed by atoms with Crippen LogP contribution in [-0.2, 0) is 0 Å². The minimum Gasteiger partial charge on any atom is -0.291 e. The molecule has 0 fully saturated rings. The number of H-pyrrole nitrogens is 1. The maximum Gasteiger partial charge on any atom is 0.293 e. The molecule has 2 heterocycles. The Morgan fingerprint density at radius 2 is 2.09 bits per heavy atom. The zero-order valence-corrected chi connectivity index (χ0v) is 12.7. The van der Waals surface area contributed by atoms with Gasteiger partial charge in [0.25, 0.3) is 17.2 Å². The fourth-order valence-corrected chi connectivity index (χ4v) is 2.18. The standard InChI is InChI=1S/C13H9Cl2N5O2/c1-6-9(15)11(22)20-13(16-6)18-12(19-20)17-10(21)7-3-2-4-8(14)5-7/h2-5H,1H3,(H2,16,17,18,19,21). The van der Waals surface area contributed by atoms with Crippen LogP contribution in [0.4, 0.5) is 5.95 Å². The first-order chi connectivity index (χ1) is 10.5. The molecule has 0 aliphatic heterocycles. The Morgan fingerprint density at radius 1 is 1.32 bits per heavy atom. The number of halogens is 2. The number of carbonyl (C=O) groups excluding carboxylic acids is 1. The second-order valence-electron chi connectivity index (χ2n) is 4.49. The number of amides is 1. The number of rotatable bonds is 2. The third-order valence-corrected chi connectivity index (χ3v) is 3.59. The molecule has 0 atom stereocenters. The van der Waals surface area contributed by atoms with Crippen LogP contribution in [0.3, 0.4) is 0 Å². The number of carbonyl (C=O) groups is 1. The molecule has 22 heavy (non-hydrogen) atoms. The highest BCUT2D eigenvalue weighted by atomic mass is 35.5. The molecule has 9 heteroatoms. The van der Waals surface area contributed by atoms with Crippen LogP contribution in [0.15, 0.2) is 29.1 Å². The molecule has 0 saturated carbocycles. The largest absolute Gasteiger partial charge is 0.293 e. The lowest BCUT2D eigenvalue weighted by Crippen LogP contribution is -2.17. The molecule has 0 spiro atoms. The minimum absolute atomic E-state index is 0.00568. The van der Waals surface area contributed by atoms with E-state index in [2.05, 4.69) is 20.4 Å². The summed E-state index contributed by atoms with van der Waals surface area (Å²) in [5.41, 5.74) is 0.244. The molecule has 7 nitrogen and oxygen atoms in total. The molecule has 0 saturated heterocycles. The number of nitrogens with zero attached hydrogens (tertiary/aromatic N) is 3. The average molecular weight is 338 g/mol. The van der Waals surface area contributed by atoms with E-state index in [-0.39, 0.29) is 16.7 Å². The quantitative estimate of drug-likeness (QED) is 0.750. The van der Waals surface area contributed by atoms with Crippen molar-refractivity contribution in [3.8, 4) is 0 Å². The summed E-state index contributed by atoms with van der Waals surface area (Å²) in [5, 5.41) is 5.60. The summed E-state index contributed by atoms with van der Waals surface area (Å²) in [5.74, 6) is -0.220. The molecule has 0 unspecified atom stereocenters. The van der Waals surface area contributed by atoms with Gasteiger partial charge < -0.3 is 0 Å². The maximum atomic E-state index is 12.1. The van der Waals surface area contributed by atoms with Crippen molar-refractivity contribution in [2.45, 2.75) is 6.92 Å². The Hall–Kier alpha value is -2.38. The highest BCUT2D eigenvalue weighted by Gasteiger charge is 2.13. The SMILES string of the molecule is Cc1nc2nc(NC(=O)c3cccc(Cl)c3)[nH]n2c(=O)c1Cl. The van der Waals surface area contributed by atoms with E-state index in [1.165, 1.54) is 6.07 Å². The number of nitrogens with one attached hydrogen (secondary N) is 2. The second kappa shape index (κ2) is 5.43. The van der Waals surface area contributed by atoms with Crippen LogP contribution in [0.25, 0.3) is 5.78 Å². The smallest absolute Gasteiger partial charge is 0.291 e. The number of aromatic amines is 1. The van der Waals surface area contributed by atoms with Crippen LogP contribution in [0.1, 0.15) is 16.1 Å². The predicted octanol–water partition coefficient (Wildman–Crippen LogP) is 2.29. The maximum absolute atomic E-state index is 12.1. The van der Waals surface area contributed by atoms with E-state index in [9.17, 15) is 9.59 Å². The van der Waals surface area contributed by atoms with Crippen molar-refractivity contribution in [3.05, 3.63) is 55.9 Å². The van der Waals surface area contributed by atoms with E-state index in [0.717, 1.165) is 4.52 Å². The lowest BCUT2D eigenvalue weighted by molar-refractivity contribution is 0.102. The van der Waals surface area contributed by atoms with E-state index >= 15 is 0 Å². The summed E-state index contributed by atoms with van der Waals surface area (Å²) in [6, 6.07) is 6.44. The highest BCUT2D eigenvalue weighted by molar-refractivity contribution is 6.31. The summed E-state index contributed by atoms with van der Waals surface area (Å²) in [6.45, 7) is 1.60. The third kappa shape index (κ3) is 2.56. The summed E-state index contributed by atoms with van der Waals surface area (Å²) >= 11 is 11.7. The van der Waals surface area contributed by atoms with Crippen LogP contribution < -0.4 is 10.9 Å². The van der Waals surface area contributed by atoms with E-state index in [1.54, 1.807) is 25.1 Å². The van der Waals surface area contributed by atoms with E-state index in [4.69, 9.17) is 23.2 Å². The van der Waals surface area contributed by atoms with Crippen molar-refractivity contribution in [1.82, 2.24) is 19.6 Å². The van der Waals surface area contributed by atoms with Gasteiger partial charge >= 0.3 is 0 Å². The first-order valence-electron chi connectivity index (χ1n) is 6.17. The van der Waals surface area contributed by atoms with Gasteiger partial charge in [0.2, 0.25) is 5.95 Å². The Bertz CT molecular complexity index is 947. The van der Waals surface area contributed by atoms with Gasteiger partial charge in [-0.2, -0.15) is 9.50 Å². The molecular weight excluding hydrogens is 329 g/mol. The zero-order valence-electron chi connectivity index (χ0n) is 11.2. The van der Waals surface area contributed by atoms with Gasteiger partial charge in [0, 0.05) is 10.6 Å². The fourth-order valence-electron chi connectivity index (χ4n) is 1.86. The van der Waals surface area contributed by atoms with E-state index in [0.29, 0.717) is 16.3 Å². The van der Waals surface area contributed by atoms with Crippen molar-refractivity contribution in [2.24, 2.45) is 0 Å². The van der Waals surface area contributed by atoms with Gasteiger partial charge in [-0.3, -0.25) is 20.0 Å². The van der Waals surface area contributed by atoms with Gasteiger partial charge in [-0.1, -0.05) is 29.3 Å². The van der Waals surface area contributed by atoms with E-state index < -0.39 is 11.5 Å². The average Bonchev–Trinajstić information content (AvgIpc) is 2.87. The molecule has 2 aromatic heterocycles. The molecule has 0 bridgehead atoms. The Balaban J connectivity index is 1.96. The topological polar surface area (TPSA) is 92.2 Å². The number of hydrogen-bond donors (Lipinski definition) is 2. The first-order valence-corrected chi connectivity index (χ1v) is 6.93. The number of hydrogen-bond acceptors (Lipinski definition) is 4. The van der Waals surface area contributed by atoms with Crippen LogP contribution in [0, 0.1) is 6.92 Å². The third-order valence-electron chi connectivity index (χ3n) is 2.92. The molecule has 0 aliphatic carbocycles. The summed E-state index contributed by atoms with van der Waals surface area (Å²) in [6.07, 6.45) is 0. The number of aromatic nitrogens is 4. The van der Waals surface area contributed by atoms with Gasteiger partial charge in [-0.25, -0.2) is 4.98 Å². The van der Waals surface area contributed by atoms with Crippen LogP contribution in [0.5, 0.6) is 0 Å². The van der Waals surface area contributed by atoms with Crippen LogP contribution in [0.2, 0.25) is 10.0 Å². The normalized spacial score (nSPS) is 10.9. The number of aryl methyl sites for hydroxylation is 1. The molecule has 0 radical (unpaired) electrons. The van der Waals surface area contributed by atoms with Crippen molar-refractivity contribution < 1.29 is 4.79 Å². The van der Waals surface area contributed by atoms with Gasteiger partial charge in [-0.05, 0) is 25.1 Å². The minimum atomic E-state index is -0.486. The lowest BCUT2D eigenvalue weighted by atomic mass is 10.2. The van der Waals surface area contributed by atoms with Gasteiger partial charge in [0.05, 0.1) is 5.69 Å². The number of fused-ring (bicyclic) bond motifs is 1. The molecule has 2 N–H and O–H groups in total. The Kier molecular flexibility index (Phi) is 3.59. The molecule has 1 amide bonds. The highest BCUT2D eigenvalue weighted by Crippen LogP contribution is 2.13. The van der Waals surface area contributed by atoms with Gasteiger partial charge in [0.15, 0.2) is 0 Å². The number of anilines is 1. The van der Waals surface area contributed by atoms with Gasteiger partial charge in [0.1, 0.15) is 5.02 Å². The molecule has 112 valence electrons. The summed E-state index contributed by atoms with van der Waals surface area (Å²) < 4.78 is 1.06. The second-order valence-corrected chi connectivity index (χ2v) is 5.30. The molecule has 3 aromatic rings. The first kappa shape index (κ1) is 14.6. The number of benzene rings is 1. The summed E-state index contributed by atoms with van der Waals surface area (Å²) in [7, 11) is 0. The Labute approximate surface area is 133 Å². The molecular formula is C13H9Cl2N5O2. The molecule has 1 aromatic carbocycles. The van der Waals surface area contributed by atoms with Crippen molar-refractivity contribution in [3.63, 3.8) is 0 Å². The lowest BCUT2D eigenvalue weighted by Gasteiger charge is -2.01. The van der Waals surface area contributed by atoms with Crippen molar-refractivity contribution in [1.29, 1.82) is 0 Å². The van der Waals surface area contributed by atoms with Crippen LogP contribution >= 0.6 is 23.2 Å². The van der Waals surface area contributed by atoms with Crippen LogP contribution in [-0.4, -0.2) is 25.5 Å². The van der Waals surface area contributed by atoms with Gasteiger partial charge in [-0.15, -0.1) is 0 Å². The molecule has 0 aliphatic rings. The van der Waals surface area contributed by atoms with Crippen molar-refractivity contribution >= 4 is 40.8 Å². The summed E-state index contributed by atoms with van der Waals surface area (Å²) in [4.78, 5) is 32.2. The monoisotopic (exact) mass is 337 g/mol. The van der Waals surface area contributed by atoms with E-state index in [1.807, 2.05) is 0 Å². The zero-order chi connectivity index (χ0) is 15.9. The fraction of sp³-hybridized carbons (Fsp3) is 0.0769. The Morgan fingerprint density at radius 3 is 2.82 bits per heavy atom. The van der Waals surface area contributed by atoms with Crippen molar-refractivity contribution in [2.75, 3.05) is 5.32 Å². The predicted molar refractivity (Wildman–Crippen MR) is 82.8 cm³/mol. The molecule has 3 rings (SSSR count).